The number of nitrogens with one attached hydrogen (secondary N) is 1. The molecule has 32 heavy (non-hydrogen) atoms. The molecular formula is C23H24N4O5. The van der Waals surface area contributed by atoms with Gasteiger partial charge in [-0.05, 0) is 36.4 Å². The maximum atomic E-state index is 13.1. The molecule has 1 N–H and O–H groups in total. The van der Waals surface area contributed by atoms with E-state index in [0.29, 0.717) is 49.1 Å². The summed E-state index contributed by atoms with van der Waals surface area (Å²) in [7, 11) is 1.54. The van der Waals surface area contributed by atoms with Crippen molar-refractivity contribution in [1.82, 2.24) is 14.4 Å². The Labute approximate surface area is 185 Å². The fourth-order valence-electron chi connectivity index (χ4n) is 3.67. The number of ether oxygens (including phenoxy) is 1. The molecule has 1 aromatic carbocycles. The predicted octanol–water partition coefficient (Wildman–Crippen LogP) is 2.33. The first kappa shape index (κ1) is 21.2. The van der Waals surface area contributed by atoms with Crippen LogP contribution in [0.25, 0.3) is 0 Å². The number of hydrogen-bond acceptors (Lipinski definition) is 5. The number of para-hydroxylation sites is 2. The Bertz CT molecular complexity index is 1100. The smallest absolute Gasteiger partial charge is 0.289 e. The average Bonchev–Trinajstić information content (AvgIpc) is 3.51. The molecule has 1 aliphatic rings. The van der Waals surface area contributed by atoms with Crippen molar-refractivity contribution in [1.29, 1.82) is 0 Å². The first-order valence-corrected chi connectivity index (χ1v) is 10.3. The number of carbonyl (C=O) groups excluding carboxylic acids is 3. The lowest BCUT2D eigenvalue weighted by molar-refractivity contribution is -0.116. The topological polar surface area (TPSA) is 97.0 Å². The first-order chi connectivity index (χ1) is 15.6. The Morgan fingerprint density at radius 1 is 0.938 bits per heavy atom. The maximum Gasteiger partial charge on any atom is 0.289 e. The van der Waals surface area contributed by atoms with Gasteiger partial charge in [-0.3, -0.25) is 14.4 Å². The Kier molecular flexibility index (Phi) is 6.25. The van der Waals surface area contributed by atoms with Gasteiger partial charge in [-0.25, -0.2) is 0 Å². The number of anilines is 1. The summed E-state index contributed by atoms with van der Waals surface area (Å²) in [6.07, 6.45) is 3.16. The van der Waals surface area contributed by atoms with Gasteiger partial charge in [0.2, 0.25) is 5.91 Å². The van der Waals surface area contributed by atoms with Gasteiger partial charge < -0.3 is 28.8 Å². The van der Waals surface area contributed by atoms with E-state index in [9.17, 15) is 14.4 Å². The number of aromatic nitrogens is 1. The number of hydrogen-bond donors (Lipinski definition) is 1. The van der Waals surface area contributed by atoms with E-state index in [1.54, 1.807) is 63.0 Å². The van der Waals surface area contributed by atoms with Crippen LogP contribution in [0.15, 0.2) is 65.4 Å². The minimum Gasteiger partial charge on any atom is -0.495 e. The van der Waals surface area contributed by atoms with Crippen molar-refractivity contribution in [2.24, 2.45) is 0 Å². The molecule has 3 heterocycles. The van der Waals surface area contributed by atoms with Crippen molar-refractivity contribution < 1.29 is 23.5 Å². The molecule has 3 aromatic rings. The zero-order valence-corrected chi connectivity index (χ0v) is 17.7. The molecule has 9 heteroatoms. The van der Waals surface area contributed by atoms with Crippen LogP contribution in [0.5, 0.6) is 5.75 Å². The highest BCUT2D eigenvalue weighted by Crippen LogP contribution is 2.23. The summed E-state index contributed by atoms with van der Waals surface area (Å²) < 4.78 is 12.0. The van der Waals surface area contributed by atoms with Crippen molar-refractivity contribution in [2.45, 2.75) is 6.54 Å². The highest BCUT2D eigenvalue weighted by molar-refractivity contribution is 5.96. The van der Waals surface area contributed by atoms with E-state index >= 15 is 0 Å². The molecular weight excluding hydrogens is 412 g/mol. The monoisotopic (exact) mass is 436 g/mol. The molecule has 4 rings (SSSR count). The number of rotatable bonds is 6. The van der Waals surface area contributed by atoms with Crippen LogP contribution in [-0.2, 0) is 11.3 Å². The van der Waals surface area contributed by atoms with Crippen molar-refractivity contribution in [3.8, 4) is 5.75 Å². The third kappa shape index (κ3) is 4.51. The fraction of sp³-hybridized carbons (Fsp3) is 0.261. The summed E-state index contributed by atoms with van der Waals surface area (Å²) >= 11 is 0. The van der Waals surface area contributed by atoms with Crippen LogP contribution in [0.2, 0.25) is 0 Å². The molecule has 0 spiro atoms. The lowest BCUT2D eigenvalue weighted by Crippen LogP contribution is -2.50. The van der Waals surface area contributed by atoms with Gasteiger partial charge in [-0.1, -0.05) is 12.1 Å². The second-order valence-electron chi connectivity index (χ2n) is 7.33. The van der Waals surface area contributed by atoms with Gasteiger partial charge in [0.15, 0.2) is 5.76 Å². The van der Waals surface area contributed by atoms with Crippen molar-refractivity contribution in [3.05, 3.63) is 72.4 Å². The van der Waals surface area contributed by atoms with Gasteiger partial charge in [0, 0.05) is 32.4 Å². The molecule has 0 unspecified atom stereocenters. The standard InChI is InChI=1S/C23H24N4O5/c1-31-19-8-3-2-6-17(19)24-21(28)16-27-10-4-7-18(27)22(29)25-11-13-26(14-12-25)23(30)20-9-5-15-32-20/h2-10,15H,11-14,16H2,1H3,(H,24,28). The summed E-state index contributed by atoms with van der Waals surface area (Å²) in [4.78, 5) is 41.4. The Morgan fingerprint density at radius 2 is 1.66 bits per heavy atom. The summed E-state index contributed by atoms with van der Waals surface area (Å²) in [5, 5.41) is 2.81. The molecule has 1 aliphatic heterocycles. The van der Waals surface area contributed by atoms with Gasteiger partial charge in [0.25, 0.3) is 11.8 Å². The third-order valence-electron chi connectivity index (χ3n) is 5.33. The number of piperazine rings is 1. The summed E-state index contributed by atoms with van der Waals surface area (Å²) in [5.41, 5.74) is 0.989. The number of benzene rings is 1. The molecule has 0 bridgehead atoms. The van der Waals surface area contributed by atoms with E-state index in [1.807, 2.05) is 6.07 Å². The van der Waals surface area contributed by atoms with Gasteiger partial charge in [-0.15, -0.1) is 0 Å². The van der Waals surface area contributed by atoms with Gasteiger partial charge in [-0.2, -0.15) is 0 Å². The Morgan fingerprint density at radius 3 is 2.34 bits per heavy atom. The van der Waals surface area contributed by atoms with Crippen molar-refractivity contribution in [2.75, 3.05) is 38.6 Å². The van der Waals surface area contributed by atoms with Crippen LogP contribution in [0.3, 0.4) is 0 Å². The minimum absolute atomic E-state index is 0.0108. The third-order valence-corrected chi connectivity index (χ3v) is 5.33. The second-order valence-corrected chi connectivity index (χ2v) is 7.33. The molecule has 9 nitrogen and oxygen atoms in total. The quantitative estimate of drug-likeness (QED) is 0.640. The minimum atomic E-state index is -0.270. The zero-order chi connectivity index (χ0) is 22.5. The van der Waals surface area contributed by atoms with Crippen LogP contribution in [0.4, 0.5) is 5.69 Å². The fourth-order valence-corrected chi connectivity index (χ4v) is 3.67. The lowest BCUT2D eigenvalue weighted by atomic mass is 10.2. The van der Waals surface area contributed by atoms with E-state index < -0.39 is 0 Å². The lowest BCUT2D eigenvalue weighted by Gasteiger charge is -2.34. The predicted molar refractivity (Wildman–Crippen MR) is 117 cm³/mol. The molecule has 2 aromatic heterocycles. The molecule has 0 aliphatic carbocycles. The van der Waals surface area contributed by atoms with Crippen LogP contribution in [0, 0.1) is 0 Å². The average molecular weight is 436 g/mol. The van der Waals surface area contributed by atoms with E-state index in [-0.39, 0.29) is 24.3 Å². The van der Waals surface area contributed by atoms with Crippen LogP contribution in [-0.4, -0.2) is 65.4 Å². The molecule has 0 atom stereocenters. The maximum absolute atomic E-state index is 13.1. The van der Waals surface area contributed by atoms with Gasteiger partial charge in [0.05, 0.1) is 19.1 Å². The van der Waals surface area contributed by atoms with Crippen LogP contribution in [0.1, 0.15) is 21.0 Å². The summed E-state index contributed by atoms with van der Waals surface area (Å²) in [5.74, 6) is 0.226. The molecule has 3 amide bonds. The molecule has 166 valence electrons. The highest BCUT2D eigenvalue weighted by Gasteiger charge is 2.28. The van der Waals surface area contributed by atoms with E-state index in [2.05, 4.69) is 5.32 Å². The van der Waals surface area contributed by atoms with Gasteiger partial charge >= 0.3 is 0 Å². The van der Waals surface area contributed by atoms with Gasteiger partial charge in [0.1, 0.15) is 18.0 Å². The molecule has 0 saturated carbocycles. The van der Waals surface area contributed by atoms with Crippen molar-refractivity contribution in [3.63, 3.8) is 0 Å². The Hall–Kier alpha value is -4.01. The molecule has 1 saturated heterocycles. The van der Waals surface area contributed by atoms with E-state index in [1.165, 1.54) is 13.4 Å². The van der Waals surface area contributed by atoms with Crippen LogP contribution >= 0.6 is 0 Å². The molecule has 0 radical (unpaired) electrons. The highest BCUT2D eigenvalue weighted by atomic mass is 16.5. The largest absolute Gasteiger partial charge is 0.495 e. The van der Waals surface area contributed by atoms with E-state index in [4.69, 9.17) is 9.15 Å². The number of nitrogens with zero attached hydrogens (tertiary/aromatic N) is 3. The second kappa shape index (κ2) is 9.42. The van der Waals surface area contributed by atoms with E-state index in [0.717, 1.165) is 0 Å². The molecule has 1 fully saturated rings. The Balaban J connectivity index is 1.36. The number of methoxy groups -OCH3 is 1. The number of amides is 3. The summed E-state index contributed by atoms with van der Waals surface area (Å²) in [6, 6.07) is 13.9. The SMILES string of the molecule is COc1ccccc1NC(=O)Cn1cccc1C(=O)N1CCN(C(=O)c2ccco2)CC1. The summed E-state index contributed by atoms with van der Waals surface area (Å²) in [6.45, 7) is 1.64. The zero-order valence-electron chi connectivity index (χ0n) is 17.7. The van der Waals surface area contributed by atoms with Crippen molar-refractivity contribution >= 4 is 23.4 Å². The van der Waals surface area contributed by atoms with Crippen LogP contribution < -0.4 is 10.1 Å². The first-order valence-electron chi connectivity index (χ1n) is 10.3. The normalized spacial score (nSPS) is 13.7. The number of carbonyl (C=O) groups is 3. The number of furan rings is 1.